The Morgan fingerprint density at radius 2 is 1.71 bits per heavy atom. The quantitative estimate of drug-likeness (QED) is 0.912. The highest BCUT2D eigenvalue weighted by Gasteiger charge is 2.36. The van der Waals surface area contributed by atoms with Crippen molar-refractivity contribution < 1.29 is 0 Å². The van der Waals surface area contributed by atoms with Crippen LogP contribution in [0.5, 0.6) is 0 Å². The Kier molecular flexibility index (Phi) is 4.97. The lowest BCUT2D eigenvalue weighted by Crippen LogP contribution is -2.55. The summed E-state index contributed by atoms with van der Waals surface area (Å²) in [5.74, 6) is 0.708. The van der Waals surface area contributed by atoms with E-state index in [0.29, 0.717) is 24.0 Å². The molecule has 2 nitrogen and oxygen atoms in total. The van der Waals surface area contributed by atoms with E-state index in [2.05, 4.69) is 42.2 Å². The molecule has 0 bridgehead atoms. The minimum atomic E-state index is 0.295. The zero-order valence-electron chi connectivity index (χ0n) is 13.4. The molecule has 1 aromatic carbocycles. The van der Waals surface area contributed by atoms with Crippen molar-refractivity contribution >= 4 is 0 Å². The van der Waals surface area contributed by atoms with Gasteiger partial charge in [0.05, 0.1) is 0 Å². The molecular formula is C19H30N2. The Morgan fingerprint density at radius 1 is 1.00 bits per heavy atom. The highest BCUT2D eigenvalue weighted by Crippen LogP contribution is 2.38. The van der Waals surface area contributed by atoms with Crippen molar-refractivity contribution in [1.29, 1.82) is 0 Å². The van der Waals surface area contributed by atoms with E-state index in [-0.39, 0.29) is 0 Å². The van der Waals surface area contributed by atoms with E-state index in [1.54, 1.807) is 0 Å². The first-order valence-electron chi connectivity index (χ1n) is 8.83. The van der Waals surface area contributed by atoms with E-state index >= 15 is 0 Å². The molecule has 2 N–H and O–H groups in total. The van der Waals surface area contributed by atoms with Gasteiger partial charge in [-0.05, 0) is 50.6 Å². The summed E-state index contributed by atoms with van der Waals surface area (Å²) in [6.07, 6.45) is 9.45. The third-order valence-electron chi connectivity index (χ3n) is 5.58. The first kappa shape index (κ1) is 15.1. The second kappa shape index (κ2) is 6.93. The maximum Gasteiger partial charge on any atom is 0.0247 e. The van der Waals surface area contributed by atoms with E-state index in [9.17, 15) is 0 Å². The highest BCUT2D eigenvalue weighted by atomic mass is 15.2. The van der Waals surface area contributed by atoms with Gasteiger partial charge in [-0.25, -0.2) is 0 Å². The van der Waals surface area contributed by atoms with Gasteiger partial charge in [-0.3, -0.25) is 4.90 Å². The van der Waals surface area contributed by atoms with E-state index in [0.717, 1.165) is 0 Å². The molecule has 1 aromatic rings. The summed E-state index contributed by atoms with van der Waals surface area (Å²) in [5, 5.41) is 0. The fraction of sp³-hybridized carbons (Fsp3) is 0.684. The number of hydrogen-bond donors (Lipinski definition) is 1. The largest absolute Gasteiger partial charge is 0.327 e. The smallest absolute Gasteiger partial charge is 0.0247 e. The van der Waals surface area contributed by atoms with Crippen LogP contribution in [0.3, 0.4) is 0 Å². The Morgan fingerprint density at radius 3 is 2.48 bits per heavy atom. The minimum absolute atomic E-state index is 0.295. The van der Waals surface area contributed by atoms with Crippen LogP contribution in [0.4, 0.5) is 0 Å². The lowest BCUT2D eigenvalue weighted by molar-refractivity contribution is 0.0496. The van der Waals surface area contributed by atoms with Crippen molar-refractivity contribution in [1.82, 2.24) is 4.90 Å². The molecular weight excluding hydrogens is 256 g/mol. The molecule has 21 heavy (non-hydrogen) atoms. The van der Waals surface area contributed by atoms with Crippen LogP contribution in [0.25, 0.3) is 0 Å². The van der Waals surface area contributed by atoms with Gasteiger partial charge < -0.3 is 5.73 Å². The highest BCUT2D eigenvalue weighted by molar-refractivity contribution is 5.22. The molecule has 1 aliphatic carbocycles. The van der Waals surface area contributed by atoms with Crippen LogP contribution < -0.4 is 5.73 Å². The Hall–Kier alpha value is -0.860. The number of nitrogens with two attached hydrogens (primary N) is 1. The molecule has 0 aromatic heterocycles. The van der Waals surface area contributed by atoms with Gasteiger partial charge in [0.15, 0.2) is 0 Å². The molecule has 116 valence electrons. The van der Waals surface area contributed by atoms with Crippen LogP contribution >= 0.6 is 0 Å². The summed E-state index contributed by atoms with van der Waals surface area (Å²) in [4.78, 5) is 2.78. The summed E-state index contributed by atoms with van der Waals surface area (Å²) < 4.78 is 0. The summed E-state index contributed by atoms with van der Waals surface area (Å²) >= 11 is 0. The monoisotopic (exact) mass is 286 g/mol. The lowest BCUT2D eigenvalue weighted by Gasteiger charge is -2.47. The average molecular weight is 286 g/mol. The summed E-state index contributed by atoms with van der Waals surface area (Å²) in [6, 6.07) is 12.8. The number of nitrogens with zero attached hydrogens (tertiary/aromatic N) is 1. The predicted molar refractivity (Wildman–Crippen MR) is 89.4 cm³/mol. The van der Waals surface area contributed by atoms with Crippen LogP contribution in [-0.4, -0.2) is 29.6 Å². The minimum Gasteiger partial charge on any atom is -0.327 e. The van der Waals surface area contributed by atoms with E-state index in [1.165, 1.54) is 57.1 Å². The van der Waals surface area contributed by atoms with Crippen molar-refractivity contribution in [3.05, 3.63) is 35.9 Å². The molecule has 2 fully saturated rings. The van der Waals surface area contributed by atoms with Gasteiger partial charge in [0, 0.05) is 18.1 Å². The van der Waals surface area contributed by atoms with Gasteiger partial charge in [0.1, 0.15) is 0 Å². The van der Waals surface area contributed by atoms with Gasteiger partial charge in [-0.1, -0.05) is 49.6 Å². The molecule has 0 amide bonds. The van der Waals surface area contributed by atoms with Gasteiger partial charge in [0.2, 0.25) is 0 Å². The van der Waals surface area contributed by atoms with Gasteiger partial charge >= 0.3 is 0 Å². The Labute approximate surface area is 129 Å². The number of likely N-dealkylation sites (tertiary alicyclic amines) is 1. The standard InChI is InChI=1S/C19H30N2/c1-15(20)18-12-7-8-14-21(18)19-13-6-5-11-17(19)16-9-3-2-4-10-16/h2-4,9-10,15,17-19H,5-8,11-14,20H2,1H3. The predicted octanol–water partition coefficient (Wildman–Crippen LogP) is 3.91. The van der Waals surface area contributed by atoms with Gasteiger partial charge in [-0.15, -0.1) is 0 Å². The van der Waals surface area contributed by atoms with Crippen LogP contribution in [0.1, 0.15) is 63.4 Å². The zero-order chi connectivity index (χ0) is 14.7. The molecule has 4 unspecified atom stereocenters. The van der Waals surface area contributed by atoms with Crippen molar-refractivity contribution in [3.8, 4) is 0 Å². The molecule has 2 aliphatic rings. The van der Waals surface area contributed by atoms with Gasteiger partial charge in [0.25, 0.3) is 0 Å². The van der Waals surface area contributed by atoms with Crippen LogP contribution in [0, 0.1) is 0 Å². The normalized spacial score (nSPS) is 32.8. The first-order chi connectivity index (χ1) is 10.3. The molecule has 2 heteroatoms. The van der Waals surface area contributed by atoms with Crippen LogP contribution in [-0.2, 0) is 0 Å². The molecule has 4 atom stereocenters. The average Bonchev–Trinajstić information content (AvgIpc) is 2.55. The lowest BCUT2D eigenvalue weighted by atomic mass is 9.77. The summed E-state index contributed by atoms with van der Waals surface area (Å²) in [5.41, 5.74) is 7.84. The number of piperidine rings is 1. The maximum absolute atomic E-state index is 6.31. The number of hydrogen-bond acceptors (Lipinski definition) is 2. The van der Waals surface area contributed by atoms with Crippen molar-refractivity contribution in [2.75, 3.05) is 6.54 Å². The van der Waals surface area contributed by atoms with Crippen molar-refractivity contribution in [2.45, 2.75) is 75.9 Å². The second-order valence-corrected chi connectivity index (χ2v) is 7.03. The molecule has 1 saturated carbocycles. The fourth-order valence-corrected chi connectivity index (χ4v) is 4.55. The third kappa shape index (κ3) is 3.32. The van der Waals surface area contributed by atoms with E-state index in [1.807, 2.05) is 0 Å². The topological polar surface area (TPSA) is 29.3 Å². The SMILES string of the molecule is CC(N)C1CCCCN1C1CCCCC1c1ccccc1. The maximum atomic E-state index is 6.31. The van der Waals surface area contributed by atoms with E-state index in [4.69, 9.17) is 5.73 Å². The Balaban J connectivity index is 1.83. The summed E-state index contributed by atoms with van der Waals surface area (Å²) in [7, 11) is 0. The first-order valence-corrected chi connectivity index (χ1v) is 8.83. The number of benzene rings is 1. The van der Waals surface area contributed by atoms with Crippen LogP contribution in [0.2, 0.25) is 0 Å². The molecule has 1 aliphatic heterocycles. The van der Waals surface area contributed by atoms with Gasteiger partial charge in [-0.2, -0.15) is 0 Å². The van der Waals surface area contributed by atoms with Crippen molar-refractivity contribution in [2.24, 2.45) is 5.73 Å². The molecule has 0 spiro atoms. The zero-order valence-corrected chi connectivity index (χ0v) is 13.4. The molecule has 0 radical (unpaired) electrons. The molecule has 3 rings (SSSR count). The summed E-state index contributed by atoms with van der Waals surface area (Å²) in [6.45, 7) is 3.45. The van der Waals surface area contributed by atoms with Crippen LogP contribution in [0.15, 0.2) is 30.3 Å². The fourth-order valence-electron chi connectivity index (χ4n) is 4.55. The molecule has 1 heterocycles. The van der Waals surface area contributed by atoms with Crippen molar-refractivity contribution in [3.63, 3.8) is 0 Å². The van der Waals surface area contributed by atoms with E-state index < -0.39 is 0 Å². The third-order valence-corrected chi connectivity index (χ3v) is 5.58. The number of rotatable bonds is 3. The molecule has 1 saturated heterocycles. The Bertz CT molecular complexity index is 428. The second-order valence-electron chi connectivity index (χ2n) is 7.03.